The lowest BCUT2D eigenvalue weighted by Gasteiger charge is -2.11. The van der Waals surface area contributed by atoms with Crippen LogP contribution in [0.1, 0.15) is 25.7 Å². The van der Waals surface area contributed by atoms with Crippen molar-refractivity contribution in [3.05, 3.63) is 18.3 Å². The Hall–Kier alpha value is -1.25. The topological polar surface area (TPSA) is 48.1 Å². The normalized spacial score (nSPS) is 17.1. The summed E-state index contributed by atoms with van der Waals surface area (Å²) in [6.07, 6.45) is 7.00. The second-order valence-electron chi connectivity index (χ2n) is 3.88. The maximum atomic E-state index is 5.65. The average molecular weight is 192 g/mol. The number of pyridine rings is 1. The summed E-state index contributed by atoms with van der Waals surface area (Å²) in [4.78, 5) is 3.92. The zero-order chi connectivity index (χ0) is 9.80. The second kappa shape index (κ2) is 4.31. The van der Waals surface area contributed by atoms with Crippen molar-refractivity contribution in [1.82, 2.24) is 4.98 Å². The molecule has 0 unspecified atom stereocenters. The average Bonchev–Trinajstić information content (AvgIpc) is 2.67. The monoisotopic (exact) mass is 192 g/mol. The van der Waals surface area contributed by atoms with Crippen molar-refractivity contribution in [2.45, 2.75) is 25.7 Å². The first-order valence-electron chi connectivity index (χ1n) is 5.19. The number of ether oxygens (including phenoxy) is 1. The first kappa shape index (κ1) is 9.31. The van der Waals surface area contributed by atoms with Crippen LogP contribution in [0.25, 0.3) is 0 Å². The Balaban J connectivity index is 1.85. The molecular weight excluding hydrogens is 176 g/mol. The molecule has 1 aromatic heterocycles. The lowest BCUT2D eigenvalue weighted by atomic mass is 10.1. The first-order chi connectivity index (χ1) is 6.84. The summed E-state index contributed by atoms with van der Waals surface area (Å²) in [5.74, 6) is 2.10. The summed E-state index contributed by atoms with van der Waals surface area (Å²) in [5.41, 5.74) is 5.55. The molecule has 0 radical (unpaired) electrons. The molecule has 2 rings (SSSR count). The number of aromatic nitrogens is 1. The van der Waals surface area contributed by atoms with Gasteiger partial charge in [-0.2, -0.15) is 0 Å². The summed E-state index contributed by atoms with van der Waals surface area (Å²) in [6.45, 7) is 0.823. The third kappa shape index (κ3) is 2.37. The smallest absolute Gasteiger partial charge is 0.126 e. The summed E-state index contributed by atoms with van der Waals surface area (Å²) in [5, 5.41) is 0. The van der Waals surface area contributed by atoms with Crippen LogP contribution in [0.15, 0.2) is 18.3 Å². The molecule has 0 saturated heterocycles. The minimum Gasteiger partial charge on any atom is -0.493 e. The number of rotatable bonds is 3. The largest absolute Gasteiger partial charge is 0.493 e. The van der Waals surface area contributed by atoms with E-state index in [-0.39, 0.29) is 0 Å². The van der Waals surface area contributed by atoms with E-state index >= 15 is 0 Å². The maximum Gasteiger partial charge on any atom is 0.126 e. The van der Waals surface area contributed by atoms with Crippen LogP contribution in [0, 0.1) is 5.92 Å². The van der Waals surface area contributed by atoms with E-state index < -0.39 is 0 Å². The third-order valence-electron chi connectivity index (χ3n) is 2.71. The zero-order valence-corrected chi connectivity index (χ0v) is 8.28. The van der Waals surface area contributed by atoms with Gasteiger partial charge in [0.1, 0.15) is 11.6 Å². The van der Waals surface area contributed by atoms with Crippen molar-refractivity contribution in [2.24, 2.45) is 5.92 Å². The summed E-state index contributed by atoms with van der Waals surface area (Å²) >= 11 is 0. The van der Waals surface area contributed by atoms with Gasteiger partial charge in [0, 0.05) is 12.3 Å². The Morgan fingerprint density at radius 2 is 2.21 bits per heavy atom. The highest BCUT2D eigenvalue weighted by molar-refractivity contribution is 5.35. The van der Waals surface area contributed by atoms with Gasteiger partial charge in [0.05, 0.1) is 6.61 Å². The fourth-order valence-electron chi connectivity index (χ4n) is 1.91. The van der Waals surface area contributed by atoms with Crippen LogP contribution in [-0.4, -0.2) is 11.6 Å². The third-order valence-corrected chi connectivity index (χ3v) is 2.71. The van der Waals surface area contributed by atoms with Gasteiger partial charge in [0.25, 0.3) is 0 Å². The minimum absolute atomic E-state index is 0.522. The molecule has 1 fully saturated rings. The Kier molecular flexibility index (Phi) is 2.87. The van der Waals surface area contributed by atoms with E-state index in [1.165, 1.54) is 25.7 Å². The molecule has 1 saturated carbocycles. The minimum atomic E-state index is 0.522. The molecule has 1 heterocycles. The van der Waals surface area contributed by atoms with E-state index in [1.807, 2.05) is 6.07 Å². The van der Waals surface area contributed by atoms with E-state index in [1.54, 1.807) is 12.3 Å². The molecule has 0 atom stereocenters. The van der Waals surface area contributed by atoms with Gasteiger partial charge in [0.15, 0.2) is 0 Å². The molecule has 0 bridgehead atoms. The molecule has 1 aromatic rings. The van der Waals surface area contributed by atoms with Crippen LogP contribution in [0.4, 0.5) is 5.82 Å². The molecule has 0 amide bonds. The van der Waals surface area contributed by atoms with Crippen molar-refractivity contribution in [3.63, 3.8) is 0 Å². The van der Waals surface area contributed by atoms with Gasteiger partial charge in [-0.15, -0.1) is 0 Å². The number of nitrogens with two attached hydrogens (primary N) is 1. The number of nitrogen functional groups attached to an aromatic ring is 1. The Morgan fingerprint density at radius 1 is 1.43 bits per heavy atom. The summed E-state index contributed by atoms with van der Waals surface area (Å²) < 4.78 is 5.65. The first-order valence-corrected chi connectivity index (χ1v) is 5.19. The van der Waals surface area contributed by atoms with Crippen molar-refractivity contribution in [2.75, 3.05) is 12.3 Å². The highest BCUT2D eigenvalue weighted by Crippen LogP contribution is 2.25. The summed E-state index contributed by atoms with van der Waals surface area (Å²) in [6, 6.07) is 3.63. The molecule has 0 aromatic carbocycles. The molecule has 0 spiro atoms. The number of anilines is 1. The van der Waals surface area contributed by atoms with Crippen molar-refractivity contribution in [3.8, 4) is 5.75 Å². The van der Waals surface area contributed by atoms with Gasteiger partial charge < -0.3 is 10.5 Å². The molecular formula is C11H16N2O. The second-order valence-corrected chi connectivity index (χ2v) is 3.88. The van der Waals surface area contributed by atoms with Gasteiger partial charge >= 0.3 is 0 Å². The number of hydrogen-bond donors (Lipinski definition) is 1. The zero-order valence-electron chi connectivity index (χ0n) is 8.28. The molecule has 1 aliphatic rings. The molecule has 14 heavy (non-hydrogen) atoms. The van der Waals surface area contributed by atoms with Crippen LogP contribution >= 0.6 is 0 Å². The Labute approximate surface area is 84.3 Å². The van der Waals surface area contributed by atoms with E-state index in [4.69, 9.17) is 10.5 Å². The van der Waals surface area contributed by atoms with Crippen LogP contribution in [0.2, 0.25) is 0 Å². The van der Waals surface area contributed by atoms with Gasteiger partial charge in [-0.1, -0.05) is 12.8 Å². The predicted octanol–water partition coefficient (Wildman–Crippen LogP) is 2.23. The van der Waals surface area contributed by atoms with Crippen LogP contribution in [0.3, 0.4) is 0 Å². The van der Waals surface area contributed by atoms with Gasteiger partial charge in [-0.3, -0.25) is 0 Å². The van der Waals surface area contributed by atoms with Crippen molar-refractivity contribution < 1.29 is 4.74 Å². The molecule has 1 aliphatic carbocycles. The lowest BCUT2D eigenvalue weighted by Crippen LogP contribution is -2.08. The van der Waals surface area contributed by atoms with Crippen molar-refractivity contribution in [1.29, 1.82) is 0 Å². The predicted molar refractivity (Wildman–Crippen MR) is 56.1 cm³/mol. The number of nitrogens with zero attached hydrogens (tertiary/aromatic N) is 1. The Bertz CT molecular complexity index is 295. The van der Waals surface area contributed by atoms with E-state index in [9.17, 15) is 0 Å². The SMILES string of the molecule is Nc1cc(OCC2CCCC2)ccn1. The lowest BCUT2D eigenvalue weighted by molar-refractivity contribution is 0.252. The van der Waals surface area contributed by atoms with E-state index in [2.05, 4.69) is 4.98 Å². The standard InChI is InChI=1S/C11H16N2O/c12-11-7-10(5-6-13-11)14-8-9-3-1-2-4-9/h5-7,9H,1-4,8H2,(H2,12,13). The molecule has 76 valence electrons. The van der Waals surface area contributed by atoms with Crippen LogP contribution < -0.4 is 10.5 Å². The van der Waals surface area contributed by atoms with E-state index in [0.29, 0.717) is 5.82 Å². The van der Waals surface area contributed by atoms with Crippen LogP contribution in [0.5, 0.6) is 5.75 Å². The fraction of sp³-hybridized carbons (Fsp3) is 0.545. The molecule has 3 heteroatoms. The van der Waals surface area contributed by atoms with E-state index in [0.717, 1.165) is 18.3 Å². The highest BCUT2D eigenvalue weighted by atomic mass is 16.5. The van der Waals surface area contributed by atoms with Crippen LogP contribution in [-0.2, 0) is 0 Å². The highest BCUT2D eigenvalue weighted by Gasteiger charge is 2.15. The van der Waals surface area contributed by atoms with Gasteiger partial charge in [-0.05, 0) is 24.8 Å². The molecule has 0 aliphatic heterocycles. The molecule has 3 nitrogen and oxygen atoms in total. The fourth-order valence-corrected chi connectivity index (χ4v) is 1.91. The van der Waals surface area contributed by atoms with Gasteiger partial charge in [0.2, 0.25) is 0 Å². The number of hydrogen-bond acceptors (Lipinski definition) is 3. The quantitative estimate of drug-likeness (QED) is 0.798. The Morgan fingerprint density at radius 3 is 2.93 bits per heavy atom. The van der Waals surface area contributed by atoms with Crippen molar-refractivity contribution >= 4 is 5.82 Å². The van der Waals surface area contributed by atoms with Gasteiger partial charge in [-0.25, -0.2) is 4.98 Å². The maximum absolute atomic E-state index is 5.65. The summed E-state index contributed by atoms with van der Waals surface area (Å²) in [7, 11) is 0. The molecule has 2 N–H and O–H groups in total.